The summed E-state index contributed by atoms with van der Waals surface area (Å²) in [6, 6.07) is 9.79. The van der Waals surface area contributed by atoms with E-state index in [2.05, 4.69) is 5.32 Å². The van der Waals surface area contributed by atoms with E-state index >= 15 is 0 Å². The Balaban J connectivity index is 1.60. The standard InChI is InChI=1S/C21H28N2O5S/c1-15(6-9-19-5-4-12-27-19)22-21(24)18-7-10-20(11-8-18)29(25,26)23-13-16(2)28-17(3)14-23/h4-5,7-8,10-12,15-17H,6,9,13-14H2,1-3H3,(H,22,24)/t15-,16+,17+/m0/s1. The van der Waals surface area contributed by atoms with Crippen LogP contribution in [0.1, 0.15) is 43.3 Å². The Morgan fingerprint density at radius 1 is 1.17 bits per heavy atom. The van der Waals surface area contributed by atoms with Crippen molar-refractivity contribution >= 4 is 15.9 Å². The number of sulfonamides is 1. The fourth-order valence-corrected chi connectivity index (χ4v) is 5.04. The van der Waals surface area contributed by atoms with Gasteiger partial charge in [-0.1, -0.05) is 0 Å². The van der Waals surface area contributed by atoms with Gasteiger partial charge in [-0.25, -0.2) is 8.42 Å². The predicted octanol–water partition coefficient (Wildman–Crippen LogP) is 2.83. The molecule has 2 heterocycles. The molecule has 7 nitrogen and oxygen atoms in total. The second kappa shape index (κ2) is 9.11. The van der Waals surface area contributed by atoms with Gasteiger partial charge in [-0.2, -0.15) is 4.31 Å². The van der Waals surface area contributed by atoms with Crippen molar-refractivity contribution in [2.45, 2.75) is 56.8 Å². The van der Waals surface area contributed by atoms with Gasteiger partial charge in [-0.05, 0) is 63.6 Å². The Kier molecular flexibility index (Phi) is 6.77. The number of ether oxygens (including phenoxy) is 1. The molecule has 1 aliphatic rings. The SMILES string of the molecule is C[C@@H]1CN(S(=O)(=O)c2ccc(C(=O)N[C@@H](C)CCc3ccco3)cc2)C[C@@H](C)O1. The van der Waals surface area contributed by atoms with Crippen LogP contribution in [0.2, 0.25) is 0 Å². The highest BCUT2D eigenvalue weighted by Gasteiger charge is 2.32. The first kappa shape index (κ1) is 21.5. The molecule has 0 aliphatic carbocycles. The highest BCUT2D eigenvalue weighted by atomic mass is 32.2. The number of nitrogens with one attached hydrogen (secondary N) is 1. The van der Waals surface area contributed by atoms with E-state index in [0.29, 0.717) is 18.7 Å². The molecule has 1 N–H and O–H groups in total. The monoisotopic (exact) mass is 420 g/mol. The molecule has 1 amide bonds. The summed E-state index contributed by atoms with van der Waals surface area (Å²) in [4.78, 5) is 12.6. The third-order valence-corrected chi connectivity index (χ3v) is 6.77. The Morgan fingerprint density at radius 3 is 2.41 bits per heavy atom. The molecule has 0 unspecified atom stereocenters. The number of hydrogen-bond donors (Lipinski definition) is 1. The summed E-state index contributed by atoms with van der Waals surface area (Å²) in [7, 11) is -3.62. The molecule has 1 aromatic heterocycles. The van der Waals surface area contributed by atoms with Crippen LogP contribution in [0, 0.1) is 0 Å². The van der Waals surface area contributed by atoms with E-state index in [1.807, 2.05) is 32.9 Å². The molecule has 8 heteroatoms. The first-order valence-corrected chi connectivity index (χ1v) is 11.3. The molecule has 1 fully saturated rings. The zero-order valence-corrected chi connectivity index (χ0v) is 17.8. The number of morpholine rings is 1. The summed E-state index contributed by atoms with van der Waals surface area (Å²) in [5, 5.41) is 2.93. The van der Waals surface area contributed by atoms with E-state index in [1.165, 1.54) is 16.4 Å². The van der Waals surface area contributed by atoms with E-state index in [0.717, 1.165) is 18.6 Å². The lowest BCUT2D eigenvalue weighted by atomic mass is 10.1. The van der Waals surface area contributed by atoms with E-state index in [9.17, 15) is 13.2 Å². The zero-order valence-electron chi connectivity index (χ0n) is 17.0. The van der Waals surface area contributed by atoms with E-state index in [1.54, 1.807) is 18.4 Å². The van der Waals surface area contributed by atoms with Gasteiger partial charge in [0.1, 0.15) is 5.76 Å². The van der Waals surface area contributed by atoms with Crippen LogP contribution in [0.5, 0.6) is 0 Å². The number of carbonyl (C=O) groups excluding carboxylic acids is 1. The molecule has 0 spiro atoms. The third kappa shape index (κ3) is 5.46. The molecule has 0 radical (unpaired) electrons. The molecule has 0 bridgehead atoms. The molecule has 29 heavy (non-hydrogen) atoms. The van der Waals surface area contributed by atoms with Gasteiger partial charge in [0.25, 0.3) is 5.91 Å². The van der Waals surface area contributed by atoms with Gasteiger partial charge in [-0.15, -0.1) is 0 Å². The molecule has 3 rings (SSSR count). The highest BCUT2D eigenvalue weighted by Crippen LogP contribution is 2.21. The van der Waals surface area contributed by atoms with Gasteiger partial charge in [0.2, 0.25) is 10.0 Å². The number of nitrogens with zero attached hydrogens (tertiary/aromatic N) is 1. The van der Waals surface area contributed by atoms with Gasteiger partial charge in [0.05, 0.1) is 23.4 Å². The molecule has 2 aromatic rings. The predicted molar refractivity (Wildman–Crippen MR) is 109 cm³/mol. The molecular formula is C21H28N2O5S. The number of amides is 1. The minimum absolute atomic E-state index is 0.0349. The first-order valence-electron chi connectivity index (χ1n) is 9.84. The maximum atomic E-state index is 12.9. The smallest absolute Gasteiger partial charge is 0.251 e. The van der Waals surface area contributed by atoms with Crippen molar-refractivity contribution < 1.29 is 22.4 Å². The lowest BCUT2D eigenvalue weighted by Crippen LogP contribution is -2.48. The number of aryl methyl sites for hydroxylation is 1. The summed E-state index contributed by atoms with van der Waals surface area (Å²) >= 11 is 0. The fraction of sp³-hybridized carbons (Fsp3) is 0.476. The average Bonchev–Trinajstić information content (AvgIpc) is 3.19. The lowest BCUT2D eigenvalue weighted by molar-refractivity contribution is -0.0440. The second-order valence-corrected chi connectivity index (χ2v) is 9.53. The van der Waals surface area contributed by atoms with Crippen LogP contribution >= 0.6 is 0 Å². The topological polar surface area (TPSA) is 88.9 Å². The number of furan rings is 1. The Morgan fingerprint density at radius 2 is 1.83 bits per heavy atom. The van der Waals surface area contributed by atoms with Crippen LogP contribution in [0.3, 0.4) is 0 Å². The Bertz CT molecular complexity index is 899. The van der Waals surface area contributed by atoms with Gasteiger partial charge >= 0.3 is 0 Å². The number of benzene rings is 1. The lowest BCUT2D eigenvalue weighted by Gasteiger charge is -2.34. The largest absolute Gasteiger partial charge is 0.469 e. The number of carbonyl (C=O) groups is 1. The zero-order chi connectivity index (χ0) is 21.0. The van der Waals surface area contributed by atoms with Crippen molar-refractivity contribution in [3.63, 3.8) is 0 Å². The summed E-state index contributed by atoms with van der Waals surface area (Å²) in [6.07, 6.45) is 2.82. The van der Waals surface area contributed by atoms with Gasteiger partial charge in [0, 0.05) is 31.1 Å². The van der Waals surface area contributed by atoms with E-state index in [4.69, 9.17) is 9.15 Å². The Hall–Kier alpha value is -2.16. The summed E-state index contributed by atoms with van der Waals surface area (Å²) in [5.74, 6) is 0.655. The van der Waals surface area contributed by atoms with E-state index < -0.39 is 10.0 Å². The van der Waals surface area contributed by atoms with Crippen LogP contribution in [0.25, 0.3) is 0 Å². The molecule has 158 valence electrons. The van der Waals surface area contributed by atoms with Crippen molar-refractivity contribution in [1.82, 2.24) is 9.62 Å². The molecule has 1 aliphatic heterocycles. The quantitative estimate of drug-likeness (QED) is 0.744. The van der Waals surface area contributed by atoms with Crippen molar-refractivity contribution in [2.75, 3.05) is 13.1 Å². The third-order valence-electron chi connectivity index (χ3n) is 4.92. The van der Waals surface area contributed by atoms with Crippen LogP contribution in [0.15, 0.2) is 52.0 Å². The Labute approximate surface area is 172 Å². The van der Waals surface area contributed by atoms with Crippen molar-refractivity contribution in [2.24, 2.45) is 0 Å². The molecule has 3 atom stereocenters. The molecule has 0 saturated carbocycles. The molecule has 1 saturated heterocycles. The normalized spacial score (nSPS) is 21.6. The summed E-state index contributed by atoms with van der Waals surface area (Å²) < 4.78 is 38.1. The van der Waals surface area contributed by atoms with Crippen molar-refractivity contribution in [1.29, 1.82) is 0 Å². The highest BCUT2D eigenvalue weighted by molar-refractivity contribution is 7.89. The van der Waals surface area contributed by atoms with Gasteiger partial charge < -0.3 is 14.5 Å². The first-order chi connectivity index (χ1) is 13.8. The van der Waals surface area contributed by atoms with Crippen LogP contribution in [-0.2, 0) is 21.2 Å². The number of rotatable bonds is 7. The van der Waals surface area contributed by atoms with Gasteiger partial charge in [-0.3, -0.25) is 4.79 Å². The molecule has 1 aromatic carbocycles. The van der Waals surface area contributed by atoms with Crippen LogP contribution < -0.4 is 5.32 Å². The minimum atomic E-state index is -3.62. The second-order valence-electron chi connectivity index (χ2n) is 7.60. The average molecular weight is 421 g/mol. The van der Waals surface area contributed by atoms with Gasteiger partial charge in [0.15, 0.2) is 0 Å². The minimum Gasteiger partial charge on any atom is -0.469 e. The fourth-order valence-electron chi connectivity index (χ4n) is 3.45. The van der Waals surface area contributed by atoms with Crippen molar-refractivity contribution in [3.05, 3.63) is 54.0 Å². The number of hydrogen-bond acceptors (Lipinski definition) is 5. The maximum Gasteiger partial charge on any atom is 0.251 e. The van der Waals surface area contributed by atoms with Crippen LogP contribution in [-0.4, -0.2) is 50.0 Å². The van der Waals surface area contributed by atoms with E-state index in [-0.39, 0.29) is 29.1 Å². The van der Waals surface area contributed by atoms with Crippen molar-refractivity contribution in [3.8, 4) is 0 Å². The summed E-state index contributed by atoms with van der Waals surface area (Å²) in [6.45, 7) is 6.29. The summed E-state index contributed by atoms with van der Waals surface area (Å²) in [5.41, 5.74) is 0.428. The van der Waals surface area contributed by atoms with Crippen LogP contribution in [0.4, 0.5) is 0 Å². The maximum absolute atomic E-state index is 12.9. The molecular weight excluding hydrogens is 392 g/mol.